The van der Waals surface area contributed by atoms with Crippen LogP contribution in [-0.4, -0.2) is 26.0 Å². The van der Waals surface area contributed by atoms with E-state index in [0.717, 1.165) is 10.0 Å². The Balaban J connectivity index is 0.000000516. The quantitative estimate of drug-likeness (QED) is 0.280. The number of nitrogens with zero attached hydrogens (tertiary/aromatic N) is 3. The lowest BCUT2D eigenvalue weighted by Gasteiger charge is -2.15. The molecule has 29 heavy (non-hydrogen) atoms. The van der Waals surface area contributed by atoms with E-state index in [1.165, 1.54) is 0 Å². The minimum atomic E-state index is -1.85. The van der Waals surface area contributed by atoms with Crippen molar-refractivity contribution in [2.45, 2.75) is 38.9 Å². The minimum Gasteiger partial charge on any atom is -0.286 e. The number of alkyl halides is 8. The summed E-state index contributed by atoms with van der Waals surface area (Å²) in [5.74, 6) is 0.133. The van der Waals surface area contributed by atoms with Gasteiger partial charge in [-0.05, 0) is 31.5 Å². The lowest BCUT2D eigenvalue weighted by atomic mass is 10.1. The Morgan fingerprint density at radius 3 is 1.72 bits per heavy atom. The van der Waals surface area contributed by atoms with E-state index in [2.05, 4.69) is 36.2 Å². The summed E-state index contributed by atoms with van der Waals surface area (Å²) in [4.78, 5) is 12.2. The van der Waals surface area contributed by atoms with E-state index in [4.69, 9.17) is 92.8 Å². The van der Waals surface area contributed by atoms with Crippen LogP contribution in [0.4, 0.5) is 0 Å². The number of hydrogen-bond donors (Lipinski definition) is 1. The van der Waals surface area contributed by atoms with Gasteiger partial charge in [-0.1, -0.05) is 97.7 Å². The highest BCUT2D eigenvalue weighted by Gasteiger charge is 2.33. The molecule has 1 N–H and O–H groups in total. The molecular formula is C16H15BrCl8N4. The molecule has 0 aliphatic carbocycles. The lowest BCUT2D eigenvalue weighted by molar-refractivity contribution is 0.667. The van der Waals surface area contributed by atoms with Crippen molar-refractivity contribution >= 4 is 109 Å². The van der Waals surface area contributed by atoms with Gasteiger partial charge < -0.3 is 0 Å². The van der Waals surface area contributed by atoms with Gasteiger partial charge in [0.1, 0.15) is 5.82 Å². The lowest BCUT2D eigenvalue weighted by Crippen LogP contribution is -2.25. The van der Waals surface area contributed by atoms with Crippen molar-refractivity contribution in [1.29, 1.82) is 0 Å². The van der Waals surface area contributed by atoms with Gasteiger partial charge in [0.25, 0.3) is 0 Å². The third kappa shape index (κ3) is 11.4. The highest BCUT2D eigenvalue weighted by molar-refractivity contribution is 9.10. The molecule has 1 aromatic heterocycles. The summed E-state index contributed by atoms with van der Waals surface area (Å²) in [7, 11) is 0. The van der Waals surface area contributed by atoms with Crippen molar-refractivity contribution in [3.8, 4) is 0 Å². The zero-order chi connectivity index (χ0) is 22.4. The molecule has 1 heterocycles. The van der Waals surface area contributed by atoms with Gasteiger partial charge in [0.2, 0.25) is 7.59 Å². The molecule has 0 radical (unpaired) electrons. The number of benzene rings is 1. The Kier molecular flexibility index (Phi) is 11.9. The maximum Gasteiger partial charge on any atom is 0.250 e. The third-order valence-corrected chi connectivity index (χ3v) is 4.66. The summed E-state index contributed by atoms with van der Waals surface area (Å²) in [6.45, 7) is 3.67. The summed E-state index contributed by atoms with van der Waals surface area (Å²) in [6, 6.07) is 7.59. The van der Waals surface area contributed by atoms with Crippen LogP contribution in [0.1, 0.15) is 36.9 Å². The molecule has 2 rings (SSSR count). The molecule has 0 amide bonds. The fourth-order valence-corrected chi connectivity index (χ4v) is 3.29. The van der Waals surface area contributed by atoms with Crippen LogP contribution in [0.5, 0.6) is 0 Å². The molecule has 0 aliphatic heterocycles. The third-order valence-electron chi connectivity index (χ3n) is 2.90. The van der Waals surface area contributed by atoms with Gasteiger partial charge in [-0.3, -0.25) is 5.32 Å². The summed E-state index contributed by atoms with van der Waals surface area (Å²) in [6.07, 6.45) is 0.365. The zero-order valence-electron chi connectivity index (χ0n) is 14.9. The Labute approximate surface area is 218 Å². The highest BCUT2D eigenvalue weighted by atomic mass is 79.9. The van der Waals surface area contributed by atoms with Crippen LogP contribution in [0, 0.1) is 0 Å². The zero-order valence-corrected chi connectivity index (χ0v) is 22.5. The Hall–Kier alpha value is 0.990. The summed E-state index contributed by atoms with van der Waals surface area (Å²) in [5, 5.41) is 2.84. The van der Waals surface area contributed by atoms with Gasteiger partial charge in [-0.25, -0.2) is 15.0 Å². The highest BCUT2D eigenvalue weighted by Crippen LogP contribution is 2.40. The first-order valence-electron chi connectivity index (χ1n) is 7.86. The summed E-state index contributed by atoms with van der Waals surface area (Å²) >= 11 is 49.3. The molecule has 2 unspecified atom stereocenters. The molecule has 0 saturated heterocycles. The van der Waals surface area contributed by atoms with E-state index < -0.39 is 7.59 Å². The molecule has 0 spiro atoms. The second-order valence-corrected chi connectivity index (χ2v) is 12.4. The monoisotopic (exact) mass is 622 g/mol. The van der Waals surface area contributed by atoms with Crippen LogP contribution < -0.4 is 5.32 Å². The fourth-order valence-electron chi connectivity index (χ4n) is 1.90. The number of nitrogens with one attached hydrogen (secondary N) is 1. The largest absolute Gasteiger partial charge is 0.286 e. The van der Waals surface area contributed by atoms with Gasteiger partial charge in [0.15, 0.2) is 11.6 Å². The van der Waals surface area contributed by atoms with Crippen molar-refractivity contribution < 1.29 is 0 Å². The maximum atomic E-state index is 5.82. The van der Waals surface area contributed by atoms with Crippen LogP contribution in [0.3, 0.4) is 0 Å². The number of halogens is 9. The molecule has 0 bridgehead atoms. The first-order chi connectivity index (χ1) is 13.2. The number of rotatable bonds is 4. The SMILES string of the molecule is CC(Cl)NC(C)Cl.ClC(Cl)(Cl)c1nc(Cc2cccc(Br)c2)nc(C(Cl)(Cl)Cl)n1. The summed E-state index contributed by atoms with van der Waals surface area (Å²) < 4.78 is -2.78. The second-order valence-electron chi connectivity index (χ2n) is 5.60. The van der Waals surface area contributed by atoms with E-state index >= 15 is 0 Å². The standard InChI is InChI=1S/C12H6BrCl6N3.C4H9Cl2N/c13-7-3-1-2-6(4-7)5-8-20-9(11(14,15)16)22-10(21-8)12(17,18)19;1-3(5)7-4(2)6/h1-4H,5H2;3-4,7H,1-2H3. The van der Waals surface area contributed by atoms with Gasteiger partial charge in [-0.15, -0.1) is 23.2 Å². The molecule has 0 aliphatic rings. The van der Waals surface area contributed by atoms with Crippen molar-refractivity contribution in [2.24, 2.45) is 0 Å². The van der Waals surface area contributed by atoms with Crippen molar-refractivity contribution in [1.82, 2.24) is 20.3 Å². The Bertz CT molecular complexity index is 755. The molecular weight excluding hydrogens is 612 g/mol. The van der Waals surface area contributed by atoms with E-state index in [-0.39, 0.29) is 22.7 Å². The van der Waals surface area contributed by atoms with Crippen LogP contribution in [0.2, 0.25) is 0 Å². The molecule has 2 aromatic rings. The predicted molar refractivity (Wildman–Crippen MR) is 129 cm³/mol. The summed E-state index contributed by atoms with van der Waals surface area (Å²) in [5.41, 5.74) is 0.867. The Morgan fingerprint density at radius 2 is 1.38 bits per heavy atom. The molecule has 4 nitrogen and oxygen atoms in total. The van der Waals surface area contributed by atoms with Gasteiger partial charge in [0, 0.05) is 10.9 Å². The molecule has 0 fully saturated rings. The van der Waals surface area contributed by atoms with Crippen molar-refractivity contribution in [2.75, 3.05) is 0 Å². The smallest absolute Gasteiger partial charge is 0.250 e. The topological polar surface area (TPSA) is 50.7 Å². The number of aromatic nitrogens is 3. The maximum absolute atomic E-state index is 5.82. The molecule has 0 saturated carbocycles. The van der Waals surface area contributed by atoms with Gasteiger partial charge in [-0.2, -0.15) is 0 Å². The van der Waals surface area contributed by atoms with Crippen molar-refractivity contribution in [3.05, 3.63) is 51.8 Å². The first kappa shape index (κ1) is 28.0. The van der Waals surface area contributed by atoms with Crippen LogP contribution in [0.25, 0.3) is 0 Å². The average molecular weight is 627 g/mol. The predicted octanol–water partition coefficient (Wildman–Crippen LogP) is 7.62. The van der Waals surface area contributed by atoms with Gasteiger partial charge in [0.05, 0.1) is 11.0 Å². The van der Waals surface area contributed by atoms with Crippen LogP contribution in [0.15, 0.2) is 28.7 Å². The van der Waals surface area contributed by atoms with Gasteiger partial charge >= 0.3 is 0 Å². The molecule has 1 aromatic carbocycles. The second kappa shape index (κ2) is 12.3. The molecule has 13 heteroatoms. The van der Waals surface area contributed by atoms with E-state index in [0.29, 0.717) is 12.2 Å². The normalized spacial score (nSPS) is 14.0. The molecule has 162 valence electrons. The van der Waals surface area contributed by atoms with Crippen LogP contribution in [-0.2, 0) is 14.0 Å². The Morgan fingerprint density at radius 1 is 0.897 bits per heavy atom. The minimum absolute atomic E-state index is 0.0347. The van der Waals surface area contributed by atoms with Crippen molar-refractivity contribution in [3.63, 3.8) is 0 Å². The molecule has 2 atom stereocenters. The van der Waals surface area contributed by atoms with E-state index in [1.54, 1.807) is 0 Å². The first-order valence-corrected chi connectivity index (χ1v) is 11.8. The number of hydrogen-bond acceptors (Lipinski definition) is 4. The fraction of sp³-hybridized carbons (Fsp3) is 0.438. The average Bonchev–Trinajstić information content (AvgIpc) is 2.52. The van der Waals surface area contributed by atoms with Crippen LogP contribution >= 0.6 is 109 Å². The van der Waals surface area contributed by atoms with E-state index in [1.807, 2.05) is 38.1 Å². The van der Waals surface area contributed by atoms with E-state index in [9.17, 15) is 0 Å².